The van der Waals surface area contributed by atoms with Gasteiger partial charge in [0.15, 0.2) is 0 Å². The molecule has 1 rings (SSSR count). The Bertz CT molecular complexity index is 406. The first-order valence-electron chi connectivity index (χ1n) is 8.11. The number of ether oxygens (including phenoxy) is 1. The molecule has 0 aliphatic heterocycles. The molecule has 0 bridgehead atoms. The highest BCUT2D eigenvalue weighted by Gasteiger charge is 2.07. The molecule has 0 saturated heterocycles. The first-order chi connectivity index (χ1) is 10.0. The minimum atomic E-state index is 0.378. The van der Waals surface area contributed by atoms with Gasteiger partial charge in [0.25, 0.3) is 0 Å². The first kappa shape index (κ1) is 18.5. The van der Waals surface area contributed by atoms with E-state index in [1.165, 1.54) is 37.7 Å². The van der Waals surface area contributed by atoms with E-state index < -0.39 is 0 Å². The molecule has 0 radical (unpaired) electrons. The van der Waals surface area contributed by atoms with E-state index >= 15 is 0 Å². The van der Waals surface area contributed by atoms with Crippen molar-refractivity contribution in [3.63, 3.8) is 0 Å². The fourth-order valence-corrected chi connectivity index (χ4v) is 2.98. The summed E-state index contributed by atoms with van der Waals surface area (Å²) in [5.74, 6) is 1.73. The van der Waals surface area contributed by atoms with Crippen LogP contribution in [-0.4, -0.2) is 13.7 Å². The quantitative estimate of drug-likeness (QED) is 0.542. The lowest BCUT2D eigenvalue weighted by atomic mass is 10.0. The van der Waals surface area contributed by atoms with E-state index in [1.807, 2.05) is 6.07 Å². The summed E-state index contributed by atoms with van der Waals surface area (Å²) < 4.78 is 6.28. The van der Waals surface area contributed by atoms with Crippen molar-refractivity contribution in [2.75, 3.05) is 13.7 Å². The smallest absolute Gasteiger partial charge is 0.133 e. The molecular formula is C18H30BrNO. The molecule has 0 heterocycles. The monoisotopic (exact) mass is 355 g/mol. The lowest BCUT2D eigenvalue weighted by Crippen LogP contribution is -2.19. The first-order valence-corrected chi connectivity index (χ1v) is 8.90. The molecule has 0 fully saturated rings. The molecule has 0 spiro atoms. The molecule has 21 heavy (non-hydrogen) atoms. The van der Waals surface area contributed by atoms with Crippen molar-refractivity contribution in [1.82, 2.24) is 5.32 Å². The van der Waals surface area contributed by atoms with Crippen LogP contribution >= 0.6 is 15.9 Å². The second kappa shape index (κ2) is 10.2. The molecule has 0 saturated carbocycles. The molecule has 1 atom stereocenters. The van der Waals surface area contributed by atoms with E-state index in [2.05, 4.69) is 54.2 Å². The van der Waals surface area contributed by atoms with Crippen LogP contribution < -0.4 is 10.1 Å². The fourth-order valence-electron chi connectivity index (χ4n) is 2.42. The van der Waals surface area contributed by atoms with Crippen LogP contribution in [0.15, 0.2) is 22.7 Å². The Labute approximate surface area is 138 Å². The summed E-state index contributed by atoms with van der Waals surface area (Å²) in [5, 5.41) is 3.60. The van der Waals surface area contributed by atoms with Crippen molar-refractivity contribution >= 4 is 15.9 Å². The van der Waals surface area contributed by atoms with Gasteiger partial charge in [-0.15, -0.1) is 0 Å². The summed E-state index contributed by atoms with van der Waals surface area (Å²) in [6.45, 7) is 7.91. The van der Waals surface area contributed by atoms with Crippen molar-refractivity contribution in [2.45, 2.75) is 58.9 Å². The molecule has 0 amide bonds. The number of benzene rings is 1. The summed E-state index contributed by atoms with van der Waals surface area (Å²) in [6, 6.07) is 6.66. The molecule has 1 aromatic rings. The van der Waals surface area contributed by atoms with Gasteiger partial charge in [-0.3, -0.25) is 0 Å². The summed E-state index contributed by atoms with van der Waals surface area (Å²) in [5.41, 5.74) is 1.29. The lowest BCUT2D eigenvalue weighted by Gasteiger charge is -2.15. The van der Waals surface area contributed by atoms with Crippen LogP contribution in [0, 0.1) is 5.92 Å². The maximum absolute atomic E-state index is 5.27. The van der Waals surface area contributed by atoms with Crippen LogP contribution in [0.4, 0.5) is 0 Å². The van der Waals surface area contributed by atoms with Crippen LogP contribution in [0.5, 0.6) is 5.75 Å². The highest BCUT2D eigenvalue weighted by atomic mass is 79.9. The van der Waals surface area contributed by atoms with E-state index in [1.54, 1.807) is 7.11 Å². The Kier molecular flexibility index (Phi) is 9.02. The molecular weight excluding hydrogens is 326 g/mol. The molecule has 120 valence electrons. The average Bonchev–Trinajstić information content (AvgIpc) is 2.45. The van der Waals surface area contributed by atoms with Crippen molar-refractivity contribution < 1.29 is 4.74 Å². The zero-order valence-electron chi connectivity index (χ0n) is 13.9. The second-order valence-corrected chi connectivity index (χ2v) is 7.02. The number of methoxy groups -OCH3 is 1. The van der Waals surface area contributed by atoms with Gasteiger partial charge in [0.1, 0.15) is 5.75 Å². The predicted molar refractivity (Wildman–Crippen MR) is 95.0 cm³/mol. The topological polar surface area (TPSA) is 21.3 Å². The Balaban J connectivity index is 2.21. The van der Waals surface area contributed by atoms with Crippen LogP contribution in [-0.2, 0) is 0 Å². The van der Waals surface area contributed by atoms with E-state index in [0.717, 1.165) is 22.7 Å². The highest BCUT2D eigenvalue weighted by Crippen LogP contribution is 2.27. The van der Waals surface area contributed by atoms with Gasteiger partial charge in [-0.25, -0.2) is 0 Å². The van der Waals surface area contributed by atoms with Crippen molar-refractivity contribution in [3.8, 4) is 5.75 Å². The van der Waals surface area contributed by atoms with E-state index in [9.17, 15) is 0 Å². The van der Waals surface area contributed by atoms with Gasteiger partial charge in [-0.2, -0.15) is 0 Å². The summed E-state index contributed by atoms with van der Waals surface area (Å²) in [7, 11) is 1.70. The van der Waals surface area contributed by atoms with Gasteiger partial charge in [-0.1, -0.05) is 45.6 Å². The van der Waals surface area contributed by atoms with Crippen molar-refractivity contribution in [3.05, 3.63) is 28.2 Å². The third-order valence-electron chi connectivity index (χ3n) is 3.83. The number of hydrogen-bond acceptors (Lipinski definition) is 2. The Hall–Kier alpha value is -0.540. The normalized spacial score (nSPS) is 12.7. The third kappa shape index (κ3) is 7.32. The average molecular weight is 356 g/mol. The molecule has 3 heteroatoms. The maximum atomic E-state index is 5.27. The number of rotatable bonds is 10. The third-order valence-corrected chi connectivity index (χ3v) is 4.45. The van der Waals surface area contributed by atoms with Crippen molar-refractivity contribution in [2.24, 2.45) is 5.92 Å². The molecule has 2 nitrogen and oxygen atoms in total. The second-order valence-electron chi connectivity index (χ2n) is 6.17. The van der Waals surface area contributed by atoms with Crippen LogP contribution in [0.3, 0.4) is 0 Å². The molecule has 1 N–H and O–H groups in total. The summed E-state index contributed by atoms with van der Waals surface area (Å²) in [6.07, 6.45) is 6.70. The standard InChI is InChI=1S/C18H30BrNO/c1-14(2)9-7-5-6-8-12-20-15(3)16-10-11-18(21-4)17(19)13-16/h10-11,13-15,20H,5-9,12H2,1-4H3. The molecule has 0 aliphatic rings. The Morgan fingerprint density at radius 2 is 1.81 bits per heavy atom. The van der Waals surface area contributed by atoms with Crippen LogP contribution in [0.1, 0.15) is 64.5 Å². The minimum Gasteiger partial charge on any atom is -0.496 e. The zero-order chi connectivity index (χ0) is 15.7. The van der Waals surface area contributed by atoms with Crippen LogP contribution in [0.2, 0.25) is 0 Å². The molecule has 1 unspecified atom stereocenters. The number of halogens is 1. The van der Waals surface area contributed by atoms with Gasteiger partial charge < -0.3 is 10.1 Å². The SMILES string of the molecule is COc1ccc(C(C)NCCCCCCC(C)C)cc1Br. The number of nitrogens with one attached hydrogen (secondary N) is 1. The van der Waals surface area contributed by atoms with Gasteiger partial charge in [0.05, 0.1) is 11.6 Å². The number of unbranched alkanes of at least 4 members (excludes halogenated alkanes) is 3. The van der Waals surface area contributed by atoms with Gasteiger partial charge in [0.2, 0.25) is 0 Å². The lowest BCUT2D eigenvalue weighted by molar-refractivity contribution is 0.411. The van der Waals surface area contributed by atoms with Crippen LogP contribution in [0.25, 0.3) is 0 Å². The van der Waals surface area contributed by atoms with Gasteiger partial charge >= 0.3 is 0 Å². The highest BCUT2D eigenvalue weighted by molar-refractivity contribution is 9.10. The van der Waals surface area contributed by atoms with E-state index in [0.29, 0.717) is 6.04 Å². The zero-order valence-corrected chi connectivity index (χ0v) is 15.5. The fraction of sp³-hybridized carbons (Fsp3) is 0.667. The van der Waals surface area contributed by atoms with E-state index in [4.69, 9.17) is 4.74 Å². The number of hydrogen-bond donors (Lipinski definition) is 1. The van der Waals surface area contributed by atoms with Gasteiger partial charge in [0, 0.05) is 6.04 Å². The van der Waals surface area contributed by atoms with Gasteiger partial charge in [-0.05, 0) is 59.4 Å². The molecule has 0 aliphatic carbocycles. The minimum absolute atomic E-state index is 0.378. The predicted octanol–water partition coefficient (Wildman–Crippen LogP) is 5.71. The Morgan fingerprint density at radius 3 is 2.43 bits per heavy atom. The maximum Gasteiger partial charge on any atom is 0.133 e. The summed E-state index contributed by atoms with van der Waals surface area (Å²) in [4.78, 5) is 0. The summed E-state index contributed by atoms with van der Waals surface area (Å²) >= 11 is 3.54. The van der Waals surface area contributed by atoms with Crippen molar-refractivity contribution in [1.29, 1.82) is 0 Å². The molecule has 0 aromatic heterocycles. The largest absolute Gasteiger partial charge is 0.496 e. The molecule has 1 aromatic carbocycles. The van der Waals surface area contributed by atoms with E-state index in [-0.39, 0.29) is 0 Å². The Morgan fingerprint density at radius 1 is 1.10 bits per heavy atom.